The Bertz CT molecular complexity index is 542. The lowest BCUT2D eigenvalue weighted by molar-refractivity contribution is 0.185. The second-order valence-electron chi connectivity index (χ2n) is 4.77. The fourth-order valence-electron chi connectivity index (χ4n) is 2.15. The molecule has 3 heteroatoms. The molecule has 106 valence electrons. The van der Waals surface area contributed by atoms with Crippen LogP contribution in [0.5, 0.6) is 0 Å². The minimum Gasteiger partial charge on any atom is -0.380 e. The standard InChI is InChI=1S/C17H20FNO/c1-20-13-15-6-4-5-14(11-15)12-19-10-9-16-7-2-3-8-17(16)18/h2-8,11,19H,9-10,12-13H2,1H3. The largest absolute Gasteiger partial charge is 0.380 e. The highest BCUT2D eigenvalue weighted by Gasteiger charge is 2.00. The van der Waals surface area contributed by atoms with Crippen LogP contribution in [0.4, 0.5) is 4.39 Å². The van der Waals surface area contributed by atoms with Gasteiger partial charge in [-0.1, -0.05) is 42.5 Å². The summed E-state index contributed by atoms with van der Waals surface area (Å²) >= 11 is 0. The fraction of sp³-hybridized carbons (Fsp3) is 0.294. The highest BCUT2D eigenvalue weighted by atomic mass is 19.1. The van der Waals surface area contributed by atoms with E-state index < -0.39 is 0 Å². The van der Waals surface area contributed by atoms with E-state index in [2.05, 4.69) is 17.4 Å². The second kappa shape index (κ2) is 7.78. The van der Waals surface area contributed by atoms with E-state index >= 15 is 0 Å². The summed E-state index contributed by atoms with van der Waals surface area (Å²) in [5.74, 6) is -0.128. The third-order valence-corrected chi connectivity index (χ3v) is 3.16. The fourth-order valence-corrected chi connectivity index (χ4v) is 2.15. The van der Waals surface area contributed by atoms with Crippen molar-refractivity contribution >= 4 is 0 Å². The van der Waals surface area contributed by atoms with Crippen LogP contribution in [0.25, 0.3) is 0 Å². The molecule has 0 radical (unpaired) electrons. The Hall–Kier alpha value is -1.71. The molecule has 2 aromatic carbocycles. The van der Waals surface area contributed by atoms with Crippen molar-refractivity contribution in [1.29, 1.82) is 0 Å². The van der Waals surface area contributed by atoms with Gasteiger partial charge in [-0.25, -0.2) is 4.39 Å². The van der Waals surface area contributed by atoms with Gasteiger partial charge in [-0.15, -0.1) is 0 Å². The third kappa shape index (κ3) is 4.44. The average Bonchev–Trinajstić information content (AvgIpc) is 2.46. The van der Waals surface area contributed by atoms with Crippen LogP contribution in [0, 0.1) is 5.82 Å². The summed E-state index contributed by atoms with van der Waals surface area (Å²) in [5.41, 5.74) is 3.14. The van der Waals surface area contributed by atoms with E-state index in [1.165, 1.54) is 17.2 Å². The lowest BCUT2D eigenvalue weighted by Gasteiger charge is -2.07. The minimum atomic E-state index is -0.128. The van der Waals surface area contributed by atoms with Gasteiger partial charge in [-0.05, 0) is 35.7 Å². The minimum absolute atomic E-state index is 0.128. The highest BCUT2D eigenvalue weighted by Crippen LogP contribution is 2.08. The van der Waals surface area contributed by atoms with Crippen molar-refractivity contribution in [3.63, 3.8) is 0 Å². The van der Waals surface area contributed by atoms with Crippen molar-refractivity contribution in [2.45, 2.75) is 19.6 Å². The molecule has 0 unspecified atom stereocenters. The molecule has 0 spiro atoms. The molecule has 2 nitrogen and oxygen atoms in total. The van der Waals surface area contributed by atoms with E-state index in [1.54, 1.807) is 13.2 Å². The average molecular weight is 273 g/mol. The van der Waals surface area contributed by atoms with Crippen LogP contribution in [0.15, 0.2) is 48.5 Å². The van der Waals surface area contributed by atoms with Gasteiger partial charge in [-0.2, -0.15) is 0 Å². The summed E-state index contributed by atoms with van der Waals surface area (Å²) in [7, 11) is 1.69. The first-order chi connectivity index (χ1) is 9.79. The second-order valence-corrected chi connectivity index (χ2v) is 4.77. The molecule has 20 heavy (non-hydrogen) atoms. The summed E-state index contributed by atoms with van der Waals surface area (Å²) in [4.78, 5) is 0. The Labute approximate surface area is 119 Å². The van der Waals surface area contributed by atoms with Crippen LogP contribution in [0.3, 0.4) is 0 Å². The van der Waals surface area contributed by atoms with E-state index in [0.29, 0.717) is 13.0 Å². The van der Waals surface area contributed by atoms with Crippen molar-refractivity contribution in [2.75, 3.05) is 13.7 Å². The number of methoxy groups -OCH3 is 1. The lowest BCUT2D eigenvalue weighted by Crippen LogP contribution is -2.17. The maximum Gasteiger partial charge on any atom is 0.126 e. The molecule has 0 amide bonds. The highest BCUT2D eigenvalue weighted by molar-refractivity contribution is 5.23. The molecular formula is C17H20FNO. The number of hydrogen-bond donors (Lipinski definition) is 1. The molecule has 0 atom stereocenters. The number of rotatable bonds is 7. The predicted octanol–water partition coefficient (Wildman–Crippen LogP) is 3.30. The molecule has 0 saturated carbocycles. The van der Waals surface area contributed by atoms with Crippen molar-refractivity contribution < 1.29 is 9.13 Å². The molecule has 0 aliphatic heterocycles. The van der Waals surface area contributed by atoms with Gasteiger partial charge in [-0.3, -0.25) is 0 Å². The molecule has 1 N–H and O–H groups in total. The van der Waals surface area contributed by atoms with E-state index in [0.717, 1.165) is 18.7 Å². The molecule has 2 aromatic rings. The van der Waals surface area contributed by atoms with Gasteiger partial charge in [0.05, 0.1) is 6.61 Å². The molecule has 0 aliphatic carbocycles. The van der Waals surface area contributed by atoms with Gasteiger partial charge in [0.25, 0.3) is 0 Å². The van der Waals surface area contributed by atoms with Gasteiger partial charge in [0.2, 0.25) is 0 Å². The van der Waals surface area contributed by atoms with Gasteiger partial charge in [0, 0.05) is 13.7 Å². The quantitative estimate of drug-likeness (QED) is 0.782. The molecule has 0 aromatic heterocycles. The van der Waals surface area contributed by atoms with Gasteiger partial charge >= 0.3 is 0 Å². The maximum atomic E-state index is 13.4. The van der Waals surface area contributed by atoms with E-state index in [9.17, 15) is 4.39 Å². The SMILES string of the molecule is COCc1cccc(CNCCc2ccccc2F)c1. The van der Waals surface area contributed by atoms with Crippen molar-refractivity contribution in [3.05, 3.63) is 71.0 Å². The van der Waals surface area contributed by atoms with Crippen molar-refractivity contribution in [1.82, 2.24) is 5.32 Å². The van der Waals surface area contributed by atoms with Crippen LogP contribution in [-0.2, 0) is 24.3 Å². The topological polar surface area (TPSA) is 21.3 Å². The van der Waals surface area contributed by atoms with Crippen LogP contribution in [0.2, 0.25) is 0 Å². The number of hydrogen-bond acceptors (Lipinski definition) is 2. The van der Waals surface area contributed by atoms with Crippen LogP contribution < -0.4 is 5.32 Å². The maximum absolute atomic E-state index is 13.4. The van der Waals surface area contributed by atoms with E-state index in [1.807, 2.05) is 24.3 Å². The first-order valence-corrected chi connectivity index (χ1v) is 6.80. The summed E-state index contributed by atoms with van der Waals surface area (Å²) in [6.07, 6.45) is 0.699. The first-order valence-electron chi connectivity index (χ1n) is 6.80. The van der Waals surface area contributed by atoms with Crippen LogP contribution >= 0.6 is 0 Å². The molecule has 0 aliphatic rings. The first kappa shape index (κ1) is 14.7. The molecule has 2 rings (SSSR count). The number of benzene rings is 2. The lowest BCUT2D eigenvalue weighted by atomic mass is 10.1. The number of ether oxygens (including phenoxy) is 1. The zero-order valence-electron chi connectivity index (χ0n) is 11.7. The van der Waals surface area contributed by atoms with Gasteiger partial charge < -0.3 is 10.1 Å². The Kier molecular flexibility index (Phi) is 5.71. The van der Waals surface area contributed by atoms with Gasteiger partial charge in [0.15, 0.2) is 0 Å². The molecular weight excluding hydrogens is 253 g/mol. The van der Waals surface area contributed by atoms with Crippen molar-refractivity contribution in [3.8, 4) is 0 Å². The van der Waals surface area contributed by atoms with Crippen molar-refractivity contribution in [2.24, 2.45) is 0 Å². The number of halogens is 1. The Morgan fingerprint density at radius 2 is 1.85 bits per heavy atom. The smallest absolute Gasteiger partial charge is 0.126 e. The predicted molar refractivity (Wildman–Crippen MR) is 79.0 cm³/mol. The molecule has 0 heterocycles. The summed E-state index contributed by atoms with van der Waals surface area (Å²) < 4.78 is 18.6. The monoisotopic (exact) mass is 273 g/mol. The Morgan fingerprint density at radius 1 is 1.05 bits per heavy atom. The number of nitrogens with one attached hydrogen (secondary N) is 1. The van der Waals surface area contributed by atoms with Gasteiger partial charge in [0.1, 0.15) is 5.82 Å². The Morgan fingerprint density at radius 3 is 2.65 bits per heavy atom. The Balaban J connectivity index is 1.78. The van der Waals surface area contributed by atoms with E-state index in [4.69, 9.17) is 4.74 Å². The normalized spacial score (nSPS) is 10.7. The zero-order chi connectivity index (χ0) is 14.2. The molecule has 0 bridgehead atoms. The molecule has 0 saturated heterocycles. The van der Waals surface area contributed by atoms with Crippen LogP contribution in [-0.4, -0.2) is 13.7 Å². The molecule has 0 fully saturated rings. The summed E-state index contributed by atoms with van der Waals surface area (Å²) in [6, 6.07) is 15.2. The van der Waals surface area contributed by atoms with Crippen LogP contribution in [0.1, 0.15) is 16.7 Å². The third-order valence-electron chi connectivity index (χ3n) is 3.16. The summed E-state index contributed by atoms with van der Waals surface area (Å²) in [6.45, 7) is 2.17. The summed E-state index contributed by atoms with van der Waals surface area (Å²) in [5, 5.41) is 3.34. The van der Waals surface area contributed by atoms with E-state index in [-0.39, 0.29) is 5.82 Å². The zero-order valence-corrected chi connectivity index (χ0v) is 11.7.